The van der Waals surface area contributed by atoms with E-state index >= 15 is 0 Å². The minimum atomic E-state index is -0.508. The van der Waals surface area contributed by atoms with Crippen molar-refractivity contribution in [2.75, 3.05) is 7.11 Å². The topological polar surface area (TPSA) is 65.7 Å². The van der Waals surface area contributed by atoms with Crippen molar-refractivity contribution >= 4 is 17.8 Å². The van der Waals surface area contributed by atoms with Gasteiger partial charge in [-0.05, 0) is 43.3 Å². The Kier molecular flexibility index (Phi) is 5.14. The lowest BCUT2D eigenvalue weighted by molar-refractivity contribution is -0.138. The summed E-state index contributed by atoms with van der Waals surface area (Å²) in [5.74, 6) is 0.556. The van der Waals surface area contributed by atoms with E-state index in [4.69, 9.17) is 13.9 Å². The Morgan fingerprint density at radius 2 is 2.09 bits per heavy atom. The summed E-state index contributed by atoms with van der Waals surface area (Å²) in [6.07, 6.45) is 4.31. The molecule has 22 heavy (non-hydrogen) atoms. The molecule has 0 aliphatic carbocycles. The fraction of sp³-hybridized carbons (Fsp3) is 0.176. The number of rotatable bonds is 6. The van der Waals surface area contributed by atoms with Gasteiger partial charge in [-0.25, -0.2) is 4.79 Å². The van der Waals surface area contributed by atoms with Crippen LogP contribution < -0.4 is 4.74 Å². The van der Waals surface area contributed by atoms with Gasteiger partial charge in [0.05, 0.1) is 13.4 Å². The molecule has 114 valence electrons. The van der Waals surface area contributed by atoms with Gasteiger partial charge in [-0.1, -0.05) is 0 Å². The van der Waals surface area contributed by atoms with E-state index in [9.17, 15) is 9.59 Å². The smallest absolute Gasteiger partial charge is 0.331 e. The maximum atomic E-state index is 11.7. The van der Waals surface area contributed by atoms with Crippen LogP contribution in [0, 0.1) is 0 Å². The normalized spacial score (nSPS) is 10.6. The number of esters is 1. The second kappa shape index (κ2) is 7.26. The van der Waals surface area contributed by atoms with Crippen LogP contribution in [-0.2, 0) is 16.1 Å². The molecule has 0 aliphatic heterocycles. The van der Waals surface area contributed by atoms with Crippen LogP contribution in [0.3, 0.4) is 0 Å². The van der Waals surface area contributed by atoms with Crippen LogP contribution in [0.2, 0.25) is 0 Å². The average molecular weight is 300 g/mol. The molecule has 1 heterocycles. The highest BCUT2D eigenvalue weighted by atomic mass is 16.5. The van der Waals surface area contributed by atoms with Gasteiger partial charge in [0.25, 0.3) is 0 Å². The number of hydrogen-bond acceptors (Lipinski definition) is 5. The van der Waals surface area contributed by atoms with Crippen molar-refractivity contribution in [3.8, 4) is 5.75 Å². The number of furan rings is 1. The van der Waals surface area contributed by atoms with E-state index in [1.807, 2.05) is 0 Å². The van der Waals surface area contributed by atoms with Crippen LogP contribution >= 0.6 is 0 Å². The van der Waals surface area contributed by atoms with Gasteiger partial charge in [-0.2, -0.15) is 0 Å². The molecule has 0 bridgehead atoms. The zero-order valence-electron chi connectivity index (χ0n) is 12.4. The average Bonchev–Trinajstić information content (AvgIpc) is 3.03. The number of ether oxygens (including phenoxy) is 2. The standard InChI is InChI=1S/C17H16O5/c1-12(18)13-5-7-16(20-2)14(10-13)11-22-17(19)8-6-15-4-3-9-21-15/h3-10H,11H2,1-2H3/b8-6+. The number of hydrogen-bond donors (Lipinski definition) is 0. The monoisotopic (exact) mass is 300 g/mol. The number of carbonyl (C=O) groups is 2. The van der Waals surface area contributed by atoms with Crippen LogP contribution in [-0.4, -0.2) is 18.9 Å². The van der Waals surface area contributed by atoms with Gasteiger partial charge in [0.15, 0.2) is 5.78 Å². The summed E-state index contributed by atoms with van der Waals surface area (Å²) in [6.45, 7) is 1.50. The summed E-state index contributed by atoms with van der Waals surface area (Å²) in [4.78, 5) is 23.1. The van der Waals surface area contributed by atoms with Crippen molar-refractivity contribution in [3.63, 3.8) is 0 Å². The van der Waals surface area contributed by atoms with Gasteiger partial charge in [0.1, 0.15) is 18.1 Å². The van der Waals surface area contributed by atoms with Crippen LogP contribution in [0.25, 0.3) is 6.08 Å². The van der Waals surface area contributed by atoms with Gasteiger partial charge < -0.3 is 13.9 Å². The van der Waals surface area contributed by atoms with E-state index in [0.717, 1.165) is 0 Å². The Hall–Kier alpha value is -2.82. The molecule has 0 saturated heterocycles. The molecule has 1 aromatic carbocycles. The third kappa shape index (κ3) is 4.09. The summed E-state index contributed by atoms with van der Waals surface area (Å²) in [5, 5.41) is 0. The highest BCUT2D eigenvalue weighted by Gasteiger charge is 2.09. The lowest BCUT2D eigenvalue weighted by Crippen LogP contribution is -2.04. The summed E-state index contributed by atoms with van der Waals surface area (Å²) in [5.41, 5.74) is 1.17. The Bertz CT molecular complexity index is 683. The quantitative estimate of drug-likeness (QED) is 0.465. The Morgan fingerprint density at radius 1 is 1.27 bits per heavy atom. The number of Topliss-reactive ketones (excluding diaryl/α,β-unsaturated/α-hetero) is 1. The number of carbonyl (C=O) groups excluding carboxylic acids is 2. The van der Waals surface area contributed by atoms with Gasteiger partial charge in [0.2, 0.25) is 0 Å². The molecule has 5 nitrogen and oxygen atoms in total. The first-order chi connectivity index (χ1) is 10.6. The largest absolute Gasteiger partial charge is 0.496 e. The highest BCUT2D eigenvalue weighted by molar-refractivity contribution is 5.94. The molecule has 2 rings (SSSR count). The number of benzene rings is 1. The maximum Gasteiger partial charge on any atom is 0.331 e. The molecule has 0 N–H and O–H groups in total. The minimum absolute atomic E-state index is 0.0195. The van der Waals surface area contributed by atoms with Crippen molar-refractivity contribution in [3.05, 3.63) is 59.6 Å². The number of methoxy groups -OCH3 is 1. The fourth-order valence-corrected chi connectivity index (χ4v) is 1.84. The Morgan fingerprint density at radius 3 is 2.73 bits per heavy atom. The van der Waals surface area contributed by atoms with E-state index in [2.05, 4.69) is 0 Å². The Balaban J connectivity index is 2.02. The lowest BCUT2D eigenvalue weighted by atomic mass is 10.1. The fourth-order valence-electron chi connectivity index (χ4n) is 1.84. The van der Waals surface area contributed by atoms with Crippen molar-refractivity contribution in [1.82, 2.24) is 0 Å². The first-order valence-electron chi connectivity index (χ1n) is 6.66. The predicted molar refractivity (Wildman–Crippen MR) is 80.5 cm³/mol. The minimum Gasteiger partial charge on any atom is -0.496 e. The molecular weight excluding hydrogens is 284 g/mol. The summed E-state index contributed by atoms with van der Waals surface area (Å²) >= 11 is 0. The number of ketones is 1. The lowest BCUT2D eigenvalue weighted by Gasteiger charge is -2.09. The van der Waals surface area contributed by atoms with Crippen molar-refractivity contribution < 1.29 is 23.5 Å². The van der Waals surface area contributed by atoms with E-state index in [1.54, 1.807) is 30.3 Å². The van der Waals surface area contributed by atoms with E-state index in [-0.39, 0.29) is 12.4 Å². The second-order valence-corrected chi connectivity index (χ2v) is 4.54. The molecule has 0 spiro atoms. The molecule has 0 atom stereocenters. The zero-order valence-corrected chi connectivity index (χ0v) is 12.4. The molecule has 2 aromatic rings. The first-order valence-corrected chi connectivity index (χ1v) is 6.66. The van der Waals surface area contributed by atoms with Crippen LogP contribution in [0.4, 0.5) is 0 Å². The third-order valence-electron chi connectivity index (χ3n) is 2.98. The summed E-state index contributed by atoms with van der Waals surface area (Å²) in [7, 11) is 1.52. The highest BCUT2D eigenvalue weighted by Crippen LogP contribution is 2.21. The van der Waals surface area contributed by atoms with Gasteiger partial charge >= 0.3 is 5.97 Å². The zero-order chi connectivity index (χ0) is 15.9. The second-order valence-electron chi connectivity index (χ2n) is 4.54. The Labute approximate surface area is 128 Å². The van der Waals surface area contributed by atoms with Crippen molar-refractivity contribution in [2.24, 2.45) is 0 Å². The maximum absolute atomic E-state index is 11.7. The van der Waals surface area contributed by atoms with Gasteiger partial charge in [-0.3, -0.25) is 4.79 Å². The van der Waals surface area contributed by atoms with Gasteiger partial charge in [-0.15, -0.1) is 0 Å². The molecule has 0 unspecified atom stereocenters. The summed E-state index contributed by atoms with van der Waals surface area (Å²) < 4.78 is 15.4. The van der Waals surface area contributed by atoms with E-state index in [1.165, 1.54) is 32.4 Å². The van der Waals surface area contributed by atoms with Crippen LogP contribution in [0.15, 0.2) is 47.1 Å². The molecule has 0 aliphatic rings. The molecule has 0 fully saturated rings. The van der Waals surface area contributed by atoms with Crippen molar-refractivity contribution in [1.29, 1.82) is 0 Å². The molecule has 1 aromatic heterocycles. The molecule has 5 heteroatoms. The molecule has 0 amide bonds. The predicted octanol–water partition coefficient (Wildman–Crippen LogP) is 3.25. The van der Waals surface area contributed by atoms with Gasteiger partial charge in [0, 0.05) is 17.2 Å². The molecular formula is C17H16O5. The molecule has 0 saturated carbocycles. The first kappa shape index (κ1) is 15.6. The van der Waals surface area contributed by atoms with Crippen LogP contribution in [0.1, 0.15) is 28.6 Å². The third-order valence-corrected chi connectivity index (χ3v) is 2.98. The van der Waals surface area contributed by atoms with E-state index < -0.39 is 5.97 Å². The van der Waals surface area contributed by atoms with Crippen LogP contribution in [0.5, 0.6) is 5.75 Å². The molecule has 0 radical (unpaired) electrons. The summed E-state index contributed by atoms with van der Waals surface area (Å²) in [6, 6.07) is 8.46. The SMILES string of the molecule is COc1ccc(C(C)=O)cc1COC(=O)/C=C/c1ccco1. The van der Waals surface area contributed by atoms with E-state index in [0.29, 0.717) is 22.6 Å². The van der Waals surface area contributed by atoms with Crippen molar-refractivity contribution in [2.45, 2.75) is 13.5 Å².